The van der Waals surface area contributed by atoms with Crippen molar-refractivity contribution >= 4 is 0 Å². The maximum Gasteiger partial charge on any atom is 0.0526 e. The van der Waals surface area contributed by atoms with Gasteiger partial charge >= 0.3 is 0 Å². The summed E-state index contributed by atoms with van der Waals surface area (Å²) in [6, 6.07) is 1.05. The van der Waals surface area contributed by atoms with Gasteiger partial charge in [0.2, 0.25) is 0 Å². The molecule has 0 aromatic rings. The van der Waals surface area contributed by atoms with Gasteiger partial charge < -0.3 is 5.11 Å². The second-order valence-electron chi connectivity index (χ2n) is 3.86. The van der Waals surface area contributed by atoms with Crippen molar-refractivity contribution < 1.29 is 5.11 Å². The largest absolute Gasteiger partial charge is 0.393 e. The minimum absolute atomic E-state index is 0.187. The van der Waals surface area contributed by atoms with Gasteiger partial charge in [-0.3, -0.25) is 4.90 Å². The average molecular weight is 173 g/mol. The lowest BCUT2D eigenvalue weighted by atomic mass is 10.1. The molecule has 0 aromatic heterocycles. The first kappa shape index (κ1) is 11.9. The zero-order valence-corrected chi connectivity index (χ0v) is 9.04. The SMILES string of the molecule is CCN(C(C)C)C(C)CC(C)O. The molecule has 0 amide bonds. The number of hydrogen-bond acceptors (Lipinski definition) is 2. The van der Waals surface area contributed by atoms with E-state index in [4.69, 9.17) is 0 Å². The fourth-order valence-corrected chi connectivity index (χ4v) is 1.81. The zero-order chi connectivity index (χ0) is 9.72. The number of hydrogen-bond donors (Lipinski definition) is 1. The molecule has 2 unspecified atom stereocenters. The molecule has 2 heteroatoms. The Labute approximate surface area is 76.6 Å². The van der Waals surface area contributed by atoms with Gasteiger partial charge in [0, 0.05) is 12.1 Å². The van der Waals surface area contributed by atoms with E-state index in [0.717, 1.165) is 13.0 Å². The minimum Gasteiger partial charge on any atom is -0.393 e. The van der Waals surface area contributed by atoms with Gasteiger partial charge in [0.05, 0.1) is 6.10 Å². The quantitative estimate of drug-likeness (QED) is 0.686. The Morgan fingerprint density at radius 1 is 1.17 bits per heavy atom. The predicted molar refractivity (Wildman–Crippen MR) is 53.3 cm³/mol. The Morgan fingerprint density at radius 2 is 1.67 bits per heavy atom. The van der Waals surface area contributed by atoms with Crippen LogP contribution in [0.5, 0.6) is 0 Å². The third-order valence-corrected chi connectivity index (χ3v) is 2.28. The summed E-state index contributed by atoms with van der Waals surface area (Å²) in [4.78, 5) is 2.40. The lowest BCUT2D eigenvalue weighted by molar-refractivity contribution is 0.104. The van der Waals surface area contributed by atoms with E-state index in [1.807, 2.05) is 6.92 Å². The summed E-state index contributed by atoms with van der Waals surface area (Å²) in [6.07, 6.45) is 0.680. The van der Waals surface area contributed by atoms with Crippen molar-refractivity contribution in [3.8, 4) is 0 Å². The molecule has 0 fully saturated rings. The van der Waals surface area contributed by atoms with Crippen molar-refractivity contribution in [2.75, 3.05) is 6.54 Å². The summed E-state index contributed by atoms with van der Waals surface area (Å²) in [5, 5.41) is 9.22. The summed E-state index contributed by atoms with van der Waals surface area (Å²) in [6.45, 7) is 11.6. The molecule has 1 N–H and O–H groups in total. The first-order valence-electron chi connectivity index (χ1n) is 4.92. The maximum atomic E-state index is 9.22. The van der Waals surface area contributed by atoms with Gasteiger partial charge in [-0.1, -0.05) is 6.92 Å². The summed E-state index contributed by atoms with van der Waals surface area (Å²) in [5.74, 6) is 0. The molecule has 0 aliphatic heterocycles. The van der Waals surface area contributed by atoms with Crippen LogP contribution in [0.2, 0.25) is 0 Å². The topological polar surface area (TPSA) is 23.5 Å². The van der Waals surface area contributed by atoms with E-state index in [9.17, 15) is 5.11 Å². The van der Waals surface area contributed by atoms with E-state index in [0.29, 0.717) is 12.1 Å². The van der Waals surface area contributed by atoms with Crippen LogP contribution in [0.4, 0.5) is 0 Å². The molecule has 0 aromatic carbocycles. The van der Waals surface area contributed by atoms with Gasteiger partial charge in [-0.15, -0.1) is 0 Å². The molecule has 0 aliphatic carbocycles. The van der Waals surface area contributed by atoms with Gasteiger partial charge in [0.25, 0.3) is 0 Å². The Kier molecular flexibility index (Phi) is 5.51. The number of rotatable bonds is 5. The van der Waals surface area contributed by atoms with Crippen molar-refractivity contribution in [2.24, 2.45) is 0 Å². The van der Waals surface area contributed by atoms with E-state index in [1.165, 1.54) is 0 Å². The minimum atomic E-state index is -0.187. The molecule has 74 valence electrons. The monoisotopic (exact) mass is 173 g/mol. The predicted octanol–water partition coefficient (Wildman–Crippen LogP) is 1.88. The molecule has 0 rings (SSSR count). The average Bonchev–Trinajstić information content (AvgIpc) is 1.85. The second kappa shape index (κ2) is 5.55. The molecule has 0 spiro atoms. The van der Waals surface area contributed by atoms with E-state index < -0.39 is 0 Å². The lowest BCUT2D eigenvalue weighted by Crippen LogP contribution is -2.39. The van der Waals surface area contributed by atoms with Crippen LogP contribution in [0.3, 0.4) is 0 Å². The summed E-state index contributed by atoms with van der Waals surface area (Å²) >= 11 is 0. The molecule has 2 nitrogen and oxygen atoms in total. The highest BCUT2D eigenvalue weighted by atomic mass is 16.3. The van der Waals surface area contributed by atoms with Crippen LogP contribution in [0.1, 0.15) is 41.0 Å². The van der Waals surface area contributed by atoms with Gasteiger partial charge in [-0.05, 0) is 40.7 Å². The number of aliphatic hydroxyl groups excluding tert-OH is 1. The van der Waals surface area contributed by atoms with E-state index in [2.05, 4.69) is 32.6 Å². The van der Waals surface area contributed by atoms with Gasteiger partial charge in [0.1, 0.15) is 0 Å². The van der Waals surface area contributed by atoms with Crippen LogP contribution in [0, 0.1) is 0 Å². The van der Waals surface area contributed by atoms with Crippen LogP contribution in [-0.4, -0.2) is 34.7 Å². The highest BCUT2D eigenvalue weighted by molar-refractivity contribution is 4.71. The molecule has 12 heavy (non-hydrogen) atoms. The smallest absolute Gasteiger partial charge is 0.0526 e. The zero-order valence-electron chi connectivity index (χ0n) is 9.04. The van der Waals surface area contributed by atoms with Crippen LogP contribution < -0.4 is 0 Å². The fraction of sp³-hybridized carbons (Fsp3) is 1.00. The van der Waals surface area contributed by atoms with Crippen molar-refractivity contribution in [3.05, 3.63) is 0 Å². The third-order valence-electron chi connectivity index (χ3n) is 2.28. The standard InChI is InChI=1S/C10H23NO/c1-6-11(8(2)3)9(4)7-10(5)12/h8-10,12H,6-7H2,1-5H3. The lowest BCUT2D eigenvalue weighted by Gasteiger charge is -2.32. The summed E-state index contributed by atoms with van der Waals surface area (Å²) in [7, 11) is 0. The normalized spacial score (nSPS) is 17.0. The second-order valence-corrected chi connectivity index (χ2v) is 3.86. The molecule has 0 radical (unpaired) electrons. The molecular weight excluding hydrogens is 150 g/mol. The first-order valence-corrected chi connectivity index (χ1v) is 4.92. The Balaban J connectivity index is 3.94. The fourth-order valence-electron chi connectivity index (χ4n) is 1.81. The first-order chi connectivity index (χ1) is 5.49. The van der Waals surface area contributed by atoms with Crippen LogP contribution in [-0.2, 0) is 0 Å². The Hall–Kier alpha value is -0.0800. The molecule has 0 saturated carbocycles. The highest BCUT2D eigenvalue weighted by Gasteiger charge is 2.16. The molecule has 0 saturated heterocycles. The van der Waals surface area contributed by atoms with Crippen molar-refractivity contribution in [1.82, 2.24) is 4.90 Å². The van der Waals surface area contributed by atoms with Crippen molar-refractivity contribution in [1.29, 1.82) is 0 Å². The third kappa shape index (κ3) is 4.07. The molecule has 0 heterocycles. The molecular formula is C10H23NO. The van der Waals surface area contributed by atoms with Crippen LogP contribution >= 0.6 is 0 Å². The Morgan fingerprint density at radius 3 is 1.92 bits per heavy atom. The maximum absolute atomic E-state index is 9.22. The molecule has 0 bridgehead atoms. The molecule has 0 aliphatic rings. The van der Waals surface area contributed by atoms with Crippen molar-refractivity contribution in [2.45, 2.75) is 59.2 Å². The van der Waals surface area contributed by atoms with Crippen LogP contribution in [0.25, 0.3) is 0 Å². The highest BCUT2D eigenvalue weighted by Crippen LogP contribution is 2.09. The van der Waals surface area contributed by atoms with Gasteiger partial charge in [0.15, 0.2) is 0 Å². The number of nitrogens with zero attached hydrogens (tertiary/aromatic N) is 1. The summed E-state index contributed by atoms with van der Waals surface area (Å²) < 4.78 is 0. The van der Waals surface area contributed by atoms with Crippen LogP contribution in [0.15, 0.2) is 0 Å². The van der Waals surface area contributed by atoms with Crippen molar-refractivity contribution in [3.63, 3.8) is 0 Å². The van der Waals surface area contributed by atoms with Gasteiger partial charge in [-0.2, -0.15) is 0 Å². The van der Waals surface area contributed by atoms with Gasteiger partial charge in [-0.25, -0.2) is 0 Å². The van der Waals surface area contributed by atoms with E-state index in [-0.39, 0.29) is 6.10 Å². The van der Waals surface area contributed by atoms with E-state index in [1.54, 1.807) is 0 Å². The Bertz CT molecular complexity index is 112. The molecule has 2 atom stereocenters. The summed E-state index contributed by atoms with van der Waals surface area (Å²) in [5.41, 5.74) is 0. The van der Waals surface area contributed by atoms with E-state index >= 15 is 0 Å². The number of aliphatic hydroxyl groups is 1.